The van der Waals surface area contributed by atoms with Crippen LogP contribution in [0.25, 0.3) is 0 Å². The van der Waals surface area contributed by atoms with Crippen LogP contribution in [0.15, 0.2) is 23.0 Å². The highest BCUT2D eigenvalue weighted by Crippen LogP contribution is 2.30. The molecule has 0 bridgehead atoms. The lowest BCUT2D eigenvalue weighted by Crippen LogP contribution is -2.39. The van der Waals surface area contributed by atoms with Gasteiger partial charge in [0.15, 0.2) is 0 Å². The Hall–Kier alpha value is -0.800. The standard InChI is InChI=1S/C11H16O3/c1-11(4-2-5-14-11)10(12)7-9-3-6-13-8-9/h3,6,8,10,12H,2,4-5,7H2,1H3. The smallest absolute Gasteiger partial charge is 0.0935 e. The Labute approximate surface area is 83.7 Å². The van der Waals surface area contributed by atoms with Gasteiger partial charge in [-0.05, 0) is 31.4 Å². The summed E-state index contributed by atoms with van der Waals surface area (Å²) in [5.74, 6) is 0. The van der Waals surface area contributed by atoms with Crippen LogP contribution in [-0.2, 0) is 11.2 Å². The van der Waals surface area contributed by atoms with E-state index in [4.69, 9.17) is 9.15 Å². The van der Waals surface area contributed by atoms with Crippen molar-refractivity contribution in [2.45, 2.75) is 37.9 Å². The van der Waals surface area contributed by atoms with Crippen LogP contribution in [0.3, 0.4) is 0 Å². The summed E-state index contributed by atoms with van der Waals surface area (Å²) in [5.41, 5.74) is 0.659. The molecule has 3 nitrogen and oxygen atoms in total. The number of ether oxygens (including phenoxy) is 1. The van der Waals surface area contributed by atoms with Crippen LogP contribution in [0, 0.1) is 0 Å². The summed E-state index contributed by atoms with van der Waals surface area (Å²) in [6, 6.07) is 1.88. The van der Waals surface area contributed by atoms with Gasteiger partial charge in [-0.3, -0.25) is 0 Å². The summed E-state index contributed by atoms with van der Waals surface area (Å²) in [6.45, 7) is 2.74. The number of hydrogen-bond donors (Lipinski definition) is 1. The van der Waals surface area contributed by atoms with Crippen molar-refractivity contribution in [1.29, 1.82) is 0 Å². The van der Waals surface area contributed by atoms with Crippen LogP contribution in [0.1, 0.15) is 25.3 Å². The maximum Gasteiger partial charge on any atom is 0.0935 e. The van der Waals surface area contributed by atoms with Gasteiger partial charge in [-0.25, -0.2) is 0 Å². The lowest BCUT2D eigenvalue weighted by Gasteiger charge is -2.28. The van der Waals surface area contributed by atoms with Crippen molar-refractivity contribution in [1.82, 2.24) is 0 Å². The first kappa shape index (κ1) is 9.74. The maximum absolute atomic E-state index is 10.0. The van der Waals surface area contributed by atoms with Crippen molar-refractivity contribution in [3.05, 3.63) is 24.2 Å². The average Bonchev–Trinajstić information content (AvgIpc) is 2.76. The van der Waals surface area contributed by atoms with Crippen LogP contribution in [0.5, 0.6) is 0 Å². The first-order valence-electron chi connectivity index (χ1n) is 5.04. The Morgan fingerprint density at radius 1 is 1.64 bits per heavy atom. The van der Waals surface area contributed by atoms with E-state index in [0.717, 1.165) is 25.0 Å². The summed E-state index contributed by atoms with van der Waals surface area (Å²) in [4.78, 5) is 0. The summed E-state index contributed by atoms with van der Waals surface area (Å²) >= 11 is 0. The number of hydrogen-bond acceptors (Lipinski definition) is 3. The van der Waals surface area contributed by atoms with Crippen LogP contribution in [-0.4, -0.2) is 23.4 Å². The second kappa shape index (κ2) is 3.75. The normalized spacial score (nSPS) is 29.3. The van der Waals surface area contributed by atoms with Crippen molar-refractivity contribution < 1.29 is 14.3 Å². The van der Waals surface area contributed by atoms with Crippen LogP contribution < -0.4 is 0 Å². The first-order chi connectivity index (χ1) is 6.71. The number of furan rings is 1. The molecule has 1 aliphatic rings. The SMILES string of the molecule is CC1(C(O)Cc2ccoc2)CCCO1. The Morgan fingerprint density at radius 3 is 3.07 bits per heavy atom. The van der Waals surface area contributed by atoms with Gasteiger partial charge in [0, 0.05) is 13.0 Å². The van der Waals surface area contributed by atoms with Gasteiger partial charge in [0.2, 0.25) is 0 Å². The van der Waals surface area contributed by atoms with Gasteiger partial charge in [0.05, 0.1) is 24.2 Å². The Kier molecular flexibility index (Phi) is 2.61. The van der Waals surface area contributed by atoms with E-state index < -0.39 is 6.10 Å². The van der Waals surface area contributed by atoms with Crippen molar-refractivity contribution in [3.8, 4) is 0 Å². The van der Waals surface area contributed by atoms with Gasteiger partial charge < -0.3 is 14.3 Å². The summed E-state index contributed by atoms with van der Waals surface area (Å²) < 4.78 is 10.5. The summed E-state index contributed by atoms with van der Waals surface area (Å²) in [6.07, 6.45) is 5.43. The van der Waals surface area contributed by atoms with Crippen LogP contribution >= 0.6 is 0 Å². The fourth-order valence-corrected chi connectivity index (χ4v) is 1.91. The van der Waals surface area contributed by atoms with Crippen molar-refractivity contribution in [2.75, 3.05) is 6.61 Å². The molecule has 78 valence electrons. The molecule has 0 saturated carbocycles. The molecule has 1 aromatic rings. The maximum atomic E-state index is 10.0. The molecule has 2 rings (SSSR count). The fourth-order valence-electron chi connectivity index (χ4n) is 1.91. The second-order valence-corrected chi connectivity index (χ2v) is 4.12. The van der Waals surface area contributed by atoms with Crippen LogP contribution in [0.4, 0.5) is 0 Å². The van der Waals surface area contributed by atoms with E-state index in [1.807, 2.05) is 13.0 Å². The number of aliphatic hydroxyl groups excluding tert-OH is 1. The number of rotatable bonds is 3. The quantitative estimate of drug-likeness (QED) is 0.800. The predicted molar refractivity (Wildman–Crippen MR) is 52.0 cm³/mol. The second-order valence-electron chi connectivity index (χ2n) is 4.12. The molecule has 0 aliphatic carbocycles. The van der Waals surface area contributed by atoms with Gasteiger partial charge >= 0.3 is 0 Å². The molecular formula is C11H16O3. The Morgan fingerprint density at radius 2 is 2.50 bits per heavy atom. The Balaban J connectivity index is 1.98. The molecule has 3 heteroatoms. The molecule has 1 saturated heterocycles. The fraction of sp³-hybridized carbons (Fsp3) is 0.636. The molecule has 0 amide bonds. The molecule has 14 heavy (non-hydrogen) atoms. The molecule has 0 spiro atoms. The number of aliphatic hydroxyl groups is 1. The zero-order valence-electron chi connectivity index (χ0n) is 8.40. The predicted octanol–water partition coefficient (Wildman–Crippen LogP) is 1.75. The van der Waals surface area contributed by atoms with Crippen molar-refractivity contribution >= 4 is 0 Å². The molecule has 1 aliphatic heterocycles. The molecular weight excluding hydrogens is 180 g/mol. The van der Waals surface area contributed by atoms with E-state index in [9.17, 15) is 5.11 Å². The molecule has 1 N–H and O–H groups in total. The molecule has 2 heterocycles. The third-order valence-electron chi connectivity index (χ3n) is 2.96. The van der Waals surface area contributed by atoms with Crippen LogP contribution in [0.2, 0.25) is 0 Å². The molecule has 1 fully saturated rings. The van der Waals surface area contributed by atoms with Gasteiger partial charge in [-0.2, -0.15) is 0 Å². The monoisotopic (exact) mass is 196 g/mol. The molecule has 0 aromatic carbocycles. The van der Waals surface area contributed by atoms with Gasteiger partial charge in [0.25, 0.3) is 0 Å². The average molecular weight is 196 g/mol. The molecule has 2 unspecified atom stereocenters. The highest BCUT2D eigenvalue weighted by atomic mass is 16.5. The van der Waals surface area contributed by atoms with E-state index >= 15 is 0 Å². The van der Waals surface area contributed by atoms with E-state index in [-0.39, 0.29) is 5.60 Å². The minimum Gasteiger partial charge on any atom is -0.472 e. The van der Waals surface area contributed by atoms with Gasteiger partial charge in [0.1, 0.15) is 0 Å². The lowest BCUT2D eigenvalue weighted by molar-refractivity contribution is -0.0768. The van der Waals surface area contributed by atoms with Crippen molar-refractivity contribution in [3.63, 3.8) is 0 Å². The third-order valence-corrected chi connectivity index (χ3v) is 2.96. The summed E-state index contributed by atoms with van der Waals surface area (Å²) in [5, 5.41) is 10.0. The highest BCUT2D eigenvalue weighted by molar-refractivity contribution is 5.08. The van der Waals surface area contributed by atoms with E-state index in [1.54, 1.807) is 12.5 Å². The highest BCUT2D eigenvalue weighted by Gasteiger charge is 2.37. The molecule has 0 radical (unpaired) electrons. The third kappa shape index (κ3) is 1.83. The van der Waals surface area contributed by atoms with Gasteiger partial charge in [-0.1, -0.05) is 0 Å². The largest absolute Gasteiger partial charge is 0.472 e. The van der Waals surface area contributed by atoms with E-state index in [2.05, 4.69) is 0 Å². The summed E-state index contributed by atoms with van der Waals surface area (Å²) in [7, 11) is 0. The minimum atomic E-state index is -0.442. The van der Waals surface area contributed by atoms with E-state index in [1.165, 1.54) is 0 Å². The molecule has 1 aromatic heterocycles. The van der Waals surface area contributed by atoms with Gasteiger partial charge in [-0.15, -0.1) is 0 Å². The lowest BCUT2D eigenvalue weighted by atomic mass is 9.91. The zero-order valence-corrected chi connectivity index (χ0v) is 8.40. The zero-order chi connectivity index (χ0) is 10.0. The molecule has 2 atom stereocenters. The first-order valence-corrected chi connectivity index (χ1v) is 5.04. The minimum absolute atomic E-state index is 0.364. The Bertz CT molecular complexity index is 273. The van der Waals surface area contributed by atoms with Crippen molar-refractivity contribution in [2.24, 2.45) is 0 Å². The topological polar surface area (TPSA) is 42.6 Å². The van der Waals surface area contributed by atoms with E-state index in [0.29, 0.717) is 6.42 Å².